The highest BCUT2D eigenvalue weighted by Crippen LogP contribution is 2.33. The van der Waals surface area contributed by atoms with Crippen molar-refractivity contribution in [2.24, 2.45) is 5.92 Å². The molecule has 2 aromatic carbocycles. The zero-order valence-electron chi connectivity index (χ0n) is 17.6. The first-order valence-electron chi connectivity index (χ1n) is 10.2. The van der Waals surface area contributed by atoms with Crippen molar-refractivity contribution in [3.63, 3.8) is 0 Å². The fourth-order valence-electron chi connectivity index (χ4n) is 3.91. The number of benzene rings is 2. The van der Waals surface area contributed by atoms with E-state index in [0.717, 1.165) is 11.0 Å². The number of likely N-dealkylation sites (tertiary alicyclic amines) is 1. The van der Waals surface area contributed by atoms with Crippen molar-refractivity contribution < 1.29 is 22.8 Å². The second kappa shape index (κ2) is 9.64. The Morgan fingerprint density at radius 1 is 1.00 bits per heavy atom. The Morgan fingerprint density at radius 3 is 2.35 bits per heavy atom. The molecule has 176 valence electrons. The van der Waals surface area contributed by atoms with E-state index in [2.05, 4.69) is 10.3 Å². The lowest BCUT2D eigenvalue weighted by Gasteiger charge is -2.37. The summed E-state index contributed by atoms with van der Waals surface area (Å²) < 4.78 is 43.4. The van der Waals surface area contributed by atoms with E-state index in [1.54, 1.807) is 12.1 Å². The minimum atomic E-state index is -3.30. The largest absolute Gasteiger partial charge is 0.332 e. The van der Waals surface area contributed by atoms with E-state index in [4.69, 9.17) is 23.2 Å². The fourth-order valence-corrected chi connectivity index (χ4v) is 4.43. The minimum absolute atomic E-state index is 0.0923. The predicted octanol–water partition coefficient (Wildman–Crippen LogP) is 5.93. The van der Waals surface area contributed by atoms with E-state index in [-0.39, 0.29) is 27.8 Å². The Balaban J connectivity index is 1.56. The number of carbonyl (C=O) groups excluding carboxylic acids is 2. The van der Waals surface area contributed by atoms with E-state index in [0.29, 0.717) is 11.1 Å². The van der Waals surface area contributed by atoms with Gasteiger partial charge in [0.15, 0.2) is 0 Å². The molecule has 1 aliphatic rings. The second-order valence-electron chi connectivity index (χ2n) is 8.05. The molecule has 1 atom stereocenters. The van der Waals surface area contributed by atoms with Crippen LogP contribution in [-0.2, 0) is 4.79 Å². The number of nitrogens with zero attached hydrogens (tertiary/aromatic N) is 2. The predicted molar refractivity (Wildman–Crippen MR) is 124 cm³/mol. The Labute approximate surface area is 203 Å². The number of aromatic nitrogens is 1. The Kier molecular flexibility index (Phi) is 6.81. The van der Waals surface area contributed by atoms with Crippen LogP contribution in [0.4, 0.5) is 18.9 Å². The van der Waals surface area contributed by atoms with E-state index in [1.165, 1.54) is 42.7 Å². The molecule has 2 heterocycles. The van der Waals surface area contributed by atoms with Crippen molar-refractivity contribution in [2.45, 2.75) is 12.3 Å². The first-order chi connectivity index (χ1) is 16.1. The summed E-state index contributed by atoms with van der Waals surface area (Å²) in [4.78, 5) is 30.6. The molecule has 10 heteroatoms. The molecule has 0 aliphatic carbocycles. The molecule has 2 amide bonds. The summed E-state index contributed by atoms with van der Waals surface area (Å²) in [6, 6.07) is 11.3. The molecular weight excluding hydrogens is 490 g/mol. The van der Waals surface area contributed by atoms with Crippen molar-refractivity contribution in [1.82, 2.24) is 9.88 Å². The molecule has 4 rings (SSSR count). The van der Waals surface area contributed by atoms with Crippen molar-refractivity contribution in [1.29, 1.82) is 0 Å². The molecule has 1 N–H and O–H groups in total. The van der Waals surface area contributed by atoms with Crippen molar-refractivity contribution in [3.05, 3.63) is 82.4 Å². The lowest BCUT2D eigenvalue weighted by atomic mass is 9.93. The maximum absolute atomic E-state index is 14.5. The van der Waals surface area contributed by atoms with E-state index in [1.807, 2.05) is 0 Å². The molecule has 1 aliphatic heterocycles. The van der Waals surface area contributed by atoms with Gasteiger partial charge in [-0.2, -0.15) is 0 Å². The molecule has 1 unspecified atom stereocenters. The standard InChI is InChI=1S/C24H18Cl2F3N3O2/c25-18-8-19(26)10-21(9-18)31-22(33)17-11-24(28,29)13-32(12-17)23(34)16-5-15(6-20(27)7-16)14-1-3-30-4-2-14/h1-10,17H,11-13H2,(H,31,33). The Hall–Kier alpha value is -3.10. The van der Waals surface area contributed by atoms with Gasteiger partial charge in [0.1, 0.15) is 5.82 Å². The van der Waals surface area contributed by atoms with E-state index >= 15 is 0 Å². The van der Waals surface area contributed by atoms with Gasteiger partial charge in [0.05, 0.1) is 12.5 Å². The molecule has 0 bridgehead atoms. The molecule has 1 saturated heterocycles. The zero-order valence-corrected chi connectivity index (χ0v) is 19.1. The second-order valence-corrected chi connectivity index (χ2v) is 8.93. The maximum Gasteiger partial charge on any atom is 0.266 e. The van der Waals surface area contributed by atoms with Crippen LogP contribution in [0.5, 0.6) is 0 Å². The van der Waals surface area contributed by atoms with Crippen molar-refractivity contribution in [2.75, 3.05) is 18.4 Å². The van der Waals surface area contributed by atoms with Crippen LogP contribution in [0.2, 0.25) is 10.0 Å². The molecule has 3 aromatic rings. The van der Waals surface area contributed by atoms with Crippen LogP contribution in [0.25, 0.3) is 11.1 Å². The van der Waals surface area contributed by atoms with Gasteiger partial charge in [0.25, 0.3) is 11.8 Å². The zero-order chi connectivity index (χ0) is 24.5. The lowest BCUT2D eigenvalue weighted by Crippen LogP contribution is -2.52. The third kappa shape index (κ3) is 5.69. The summed E-state index contributed by atoms with van der Waals surface area (Å²) in [6.07, 6.45) is 2.30. The van der Waals surface area contributed by atoms with Gasteiger partial charge in [-0.25, -0.2) is 13.2 Å². The number of alkyl halides is 2. The number of nitrogens with one attached hydrogen (secondary N) is 1. The molecular formula is C24H18Cl2F3N3O2. The summed E-state index contributed by atoms with van der Waals surface area (Å²) in [6.45, 7) is -1.13. The first kappa shape index (κ1) is 24.0. The summed E-state index contributed by atoms with van der Waals surface area (Å²) in [5.41, 5.74) is 1.18. The van der Waals surface area contributed by atoms with Crippen LogP contribution in [0.1, 0.15) is 16.8 Å². The number of hydrogen-bond acceptors (Lipinski definition) is 3. The number of rotatable bonds is 4. The number of piperidine rings is 1. The summed E-state index contributed by atoms with van der Waals surface area (Å²) in [5, 5.41) is 3.06. The van der Waals surface area contributed by atoms with Gasteiger partial charge >= 0.3 is 0 Å². The first-order valence-corrected chi connectivity index (χ1v) is 11.0. The smallest absolute Gasteiger partial charge is 0.266 e. The Bertz CT molecular complexity index is 1220. The van der Waals surface area contributed by atoms with Crippen LogP contribution in [-0.4, -0.2) is 40.7 Å². The summed E-state index contributed by atoms with van der Waals surface area (Å²) >= 11 is 11.8. The molecule has 0 radical (unpaired) electrons. The average molecular weight is 508 g/mol. The normalized spacial score (nSPS) is 17.3. The van der Waals surface area contributed by atoms with Crippen LogP contribution in [0.3, 0.4) is 0 Å². The number of hydrogen-bond donors (Lipinski definition) is 1. The Morgan fingerprint density at radius 2 is 1.68 bits per heavy atom. The van der Waals surface area contributed by atoms with Crippen molar-refractivity contribution in [3.8, 4) is 11.1 Å². The van der Waals surface area contributed by atoms with Crippen LogP contribution >= 0.6 is 23.2 Å². The monoisotopic (exact) mass is 507 g/mol. The summed E-state index contributed by atoms with van der Waals surface area (Å²) in [7, 11) is 0. The lowest BCUT2D eigenvalue weighted by molar-refractivity contribution is -0.130. The van der Waals surface area contributed by atoms with Gasteiger partial charge < -0.3 is 10.2 Å². The van der Waals surface area contributed by atoms with E-state index < -0.39 is 42.4 Å². The molecule has 34 heavy (non-hydrogen) atoms. The minimum Gasteiger partial charge on any atom is -0.332 e. The van der Waals surface area contributed by atoms with Crippen molar-refractivity contribution >= 4 is 40.7 Å². The van der Waals surface area contributed by atoms with Crippen LogP contribution in [0, 0.1) is 11.7 Å². The third-order valence-electron chi connectivity index (χ3n) is 5.35. The highest BCUT2D eigenvalue weighted by atomic mass is 35.5. The topological polar surface area (TPSA) is 62.3 Å². The van der Waals surface area contributed by atoms with E-state index in [9.17, 15) is 22.8 Å². The number of halogens is 5. The fraction of sp³-hybridized carbons (Fsp3) is 0.208. The number of pyridine rings is 1. The van der Waals surface area contributed by atoms with Gasteiger partial charge in [-0.3, -0.25) is 14.6 Å². The average Bonchev–Trinajstić information content (AvgIpc) is 2.77. The number of carbonyl (C=O) groups is 2. The van der Waals surface area contributed by atoms with Gasteiger partial charge in [-0.15, -0.1) is 0 Å². The van der Waals surface area contributed by atoms with Crippen LogP contribution in [0.15, 0.2) is 60.9 Å². The quantitative estimate of drug-likeness (QED) is 0.475. The van der Waals surface area contributed by atoms with Gasteiger partial charge in [0.2, 0.25) is 5.91 Å². The molecule has 1 fully saturated rings. The van der Waals surface area contributed by atoms with Gasteiger partial charge in [-0.05, 0) is 59.7 Å². The van der Waals surface area contributed by atoms with Crippen LogP contribution < -0.4 is 5.32 Å². The molecule has 0 spiro atoms. The third-order valence-corrected chi connectivity index (χ3v) is 5.79. The number of amides is 2. The highest BCUT2D eigenvalue weighted by molar-refractivity contribution is 6.35. The SMILES string of the molecule is O=C(Nc1cc(Cl)cc(Cl)c1)C1CN(C(=O)c2cc(F)cc(-c3ccncc3)c2)CC(F)(F)C1. The molecule has 5 nitrogen and oxygen atoms in total. The van der Waals surface area contributed by atoms with Gasteiger partial charge in [-0.1, -0.05) is 23.2 Å². The molecule has 1 aromatic heterocycles. The summed E-state index contributed by atoms with van der Waals surface area (Å²) in [5.74, 6) is -6.68. The number of anilines is 1. The molecule has 0 saturated carbocycles. The van der Waals surface area contributed by atoms with Gasteiger partial charge in [0, 0.05) is 46.7 Å². The maximum atomic E-state index is 14.5. The highest BCUT2D eigenvalue weighted by Gasteiger charge is 2.44.